The Bertz CT molecular complexity index is 177. The van der Waals surface area contributed by atoms with Gasteiger partial charge in [-0.15, -0.1) is 0 Å². The number of aldehydes is 1. The quantitative estimate of drug-likeness (QED) is 0.468. The molecule has 0 aliphatic heterocycles. The van der Waals surface area contributed by atoms with Crippen LogP contribution in [-0.2, 0) is 14.3 Å². The number of carbonyl (C=O) groups is 2. The van der Waals surface area contributed by atoms with E-state index >= 15 is 0 Å². The lowest BCUT2D eigenvalue weighted by atomic mass is 9.99. The molecule has 0 aromatic rings. The van der Waals surface area contributed by atoms with Crippen LogP contribution in [0.5, 0.6) is 0 Å². The van der Waals surface area contributed by atoms with E-state index in [4.69, 9.17) is 4.74 Å². The van der Waals surface area contributed by atoms with Gasteiger partial charge in [-0.2, -0.15) is 0 Å². The van der Waals surface area contributed by atoms with Crippen molar-refractivity contribution in [1.29, 1.82) is 0 Å². The van der Waals surface area contributed by atoms with Gasteiger partial charge in [0.2, 0.25) is 0 Å². The largest absolute Gasteiger partial charge is 0.462 e. The number of carbonyl (C=O) groups excluding carboxylic acids is 2. The monoisotopic (exact) mass is 200 g/mol. The second kappa shape index (κ2) is 7.54. The van der Waals surface area contributed by atoms with Crippen LogP contribution in [0.1, 0.15) is 46.5 Å². The van der Waals surface area contributed by atoms with Crippen molar-refractivity contribution in [2.75, 3.05) is 0 Å². The molecule has 0 aromatic heterocycles. The normalized spacial score (nSPS) is 14.5. The van der Waals surface area contributed by atoms with Crippen molar-refractivity contribution >= 4 is 12.3 Å². The SMILES string of the molecule is CCCC(=O)OC(CC)C(C=O)CC. The van der Waals surface area contributed by atoms with Crippen LogP contribution >= 0.6 is 0 Å². The van der Waals surface area contributed by atoms with Crippen LogP contribution in [0.2, 0.25) is 0 Å². The summed E-state index contributed by atoms with van der Waals surface area (Å²) in [5.41, 5.74) is 0. The van der Waals surface area contributed by atoms with Crippen molar-refractivity contribution in [2.24, 2.45) is 5.92 Å². The summed E-state index contributed by atoms with van der Waals surface area (Å²) in [7, 11) is 0. The average Bonchev–Trinajstić information content (AvgIpc) is 2.18. The maximum absolute atomic E-state index is 11.2. The summed E-state index contributed by atoms with van der Waals surface area (Å²) < 4.78 is 5.21. The first-order valence-electron chi connectivity index (χ1n) is 5.34. The van der Waals surface area contributed by atoms with Crippen molar-refractivity contribution in [3.05, 3.63) is 0 Å². The summed E-state index contributed by atoms with van der Waals surface area (Å²) >= 11 is 0. The second-order valence-corrected chi connectivity index (χ2v) is 3.39. The van der Waals surface area contributed by atoms with Gasteiger partial charge in [-0.05, 0) is 19.3 Å². The Morgan fingerprint density at radius 2 is 1.93 bits per heavy atom. The molecule has 0 radical (unpaired) electrons. The van der Waals surface area contributed by atoms with E-state index in [1.165, 1.54) is 0 Å². The Morgan fingerprint density at radius 1 is 1.29 bits per heavy atom. The molecule has 0 aliphatic rings. The lowest BCUT2D eigenvalue weighted by molar-refractivity contribution is -0.152. The molecular weight excluding hydrogens is 180 g/mol. The first-order valence-corrected chi connectivity index (χ1v) is 5.34. The fourth-order valence-corrected chi connectivity index (χ4v) is 1.35. The first-order chi connectivity index (χ1) is 6.69. The summed E-state index contributed by atoms with van der Waals surface area (Å²) in [6.45, 7) is 5.78. The van der Waals surface area contributed by atoms with Crippen LogP contribution in [0, 0.1) is 5.92 Å². The highest BCUT2D eigenvalue weighted by Gasteiger charge is 2.21. The van der Waals surface area contributed by atoms with Crippen molar-refractivity contribution in [3.63, 3.8) is 0 Å². The molecule has 0 saturated carbocycles. The maximum atomic E-state index is 11.2. The predicted molar refractivity (Wildman–Crippen MR) is 54.9 cm³/mol. The van der Waals surface area contributed by atoms with Crippen LogP contribution in [0.15, 0.2) is 0 Å². The summed E-state index contributed by atoms with van der Waals surface area (Å²) in [6.07, 6.45) is 3.29. The summed E-state index contributed by atoms with van der Waals surface area (Å²) in [6, 6.07) is 0. The third-order valence-electron chi connectivity index (χ3n) is 2.26. The maximum Gasteiger partial charge on any atom is 0.306 e. The van der Waals surface area contributed by atoms with E-state index in [0.29, 0.717) is 12.8 Å². The van der Waals surface area contributed by atoms with Gasteiger partial charge in [0.15, 0.2) is 0 Å². The molecule has 0 aliphatic carbocycles. The van der Waals surface area contributed by atoms with Gasteiger partial charge in [0.05, 0.1) is 5.92 Å². The molecule has 14 heavy (non-hydrogen) atoms. The highest BCUT2D eigenvalue weighted by Crippen LogP contribution is 2.14. The number of esters is 1. The van der Waals surface area contributed by atoms with Gasteiger partial charge in [0, 0.05) is 6.42 Å². The predicted octanol–water partition coefficient (Wildman–Crippen LogP) is 2.33. The van der Waals surface area contributed by atoms with Gasteiger partial charge in [0.1, 0.15) is 12.4 Å². The van der Waals surface area contributed by atoms with Gasteiger partial charge in [-0.1, -0.05) is 20.8 Å². The molecule has 3 heteroatoms. The number of hydrogen-bond acceptors (Lipinski definition) is 3. The van der Waals surface area contributed by atoms with Gasteiger partial charge < -0.3 is 9.53 Å². The lowest BCUT2D eigenvalue weighted by Crippen LogP contribution is -2.27. The van der Waals surface area contributed by atoms with Gasteiger partial charge in [0.25, 0.3) is 0 Å². The van der Waals surface area contributed by atoms with E-state index < -0.39 is 0 Å². The summed E-state index contributed by atoms with van der Waals surface area (Å²) in [4.78, 5) is 21.9. The minimum absolute atomic E-state index is 0.152. The van der Waals surface area contributed by atoms with E-state index in [1.807, 2.05) is 20.8 Å². The molecule has 0 fully saturated rings. The molecule has 2 atom stereocenters. The topological polar surface area (TPSA) is 43.4 Å². The van der Waals surface area contributed by atoms with E-state index in [0.717, 1.165) is 19.1 Å². The molecule has 0 spiro atoms. The Kier molecular flexibility index (Phi) is 7.07. The van der Waals surface area contributed by atoms with E-state index in [2.05, 4.69) is 0 Å². The molecule has 0 amide bonds. The molecule has 3 nitrogen and oxygen atoms in total. The number of ether oxygens (including phenoxy) is 1. The molecule has 0 aromatic carbocycles. The fraction of sp³-hybridized carbons (Fsp3) is 0.818. The second-order valence-electron chi connectivity index (χ2n) is 3.39. The zero-order chi connectivity index (χ0) is 11.0. The third kappa shape index (κ3) is 4.40. The molecule has 0 rings (SSSR count). The van der Waals surface area contributed by atoms with Crippen LogP contribution in [0.25, 0.3) is 0 Å². The van der Waals surface area contributed by atoms with Crippen LogP contribution in [0.4, 0.5) is 0 Å². The van der Waals surface area contributed by atoms with Crippen molar-refractivity contribution in [3.8, 4) is 0 Å². The van der Waals surface area contributed by atoms with Crippen LogP contribution in [-0.4, -0.2) is 18.4 Å². The first kappa shape index (κ1) is 13.1. The Hall–Kier alpha value is -0.860. The molecule has 0 saturated heterocycles. The van der Waals surface area contributed by atoms with Gasteiger partial charge in [-0.25, -0.2) is 0 Å². The van der Waals surface area contributed by atoms with Crippen molar-refractivity contribution < 1.29 is 14.3 Å². The highest BCUT2D eigenvalue weighted by atomic mass is 16.5. The zero-order valence-electron chi connectivity index (χ0n) is 9.29. The van der Waals surface area contributed by atoms with Crippen LogP contribution < -0.4 is 0 Å². The number of hydrogen-bond donors (Lipinski definition) is 0. The summed E-state index contributed by atoms with van der Waals surface area (Å²) in [5, 5.41) is 0. The Morgan fingerprint density at radius 3 is 2.29 bits per heavy atom. The minimum Gasteiger partial charge on any atom is -0.462 e. The third-order valence-corrected chi connectivity index (χ3v) is 2.26. The van der Waals surface area contributed by atoms with E-state index in [9.17, 15) is 9.59 Å². The van der Waals surface area contributed by atoms with Gasteiger partial charge >= 0.3 is 5.97 Å². The number of rotatable bonds is 7. The molecule has 0 heterocycles. The van der Waals surface area contributed by atoms with Crippen molar-refractivity contribution in [2.45, 2.75) is 52.6 Å². The van der Waals surface area contributed by atoms with E-state index in [-0.39, 0.29) is 18.0 Å². The minimum atomic E-state index is -0.239. The molecule has 0 bridgehead atoms. The average molecular weight is 200 g/mol. The standard InChI is InChI=1S/C11H20O3/c1-4-7-11(13)14-10(6-3)9(5-2)8-12/h8-10H,4-7H2,1-3H3. The highest BCUT2D eigenvalue weighted by molar-refractivity contribution is 5.70. The smallest absolute Gasteiger partial charge is 0.306 e. The summed E-state index contributed by atoms with van der Waals surface area (Å²) in [5.74, 6) is -0.347. The molecule has 82 valence electrons. The molecular formula is C11H20O3. The fourth-order valence-electron chi connectivity index (χ4n) is 1.35. The van der Waals surface area contributed by atoms with E-state index in [1.54, 1.807) is 0 Å². The molecule has 0 N–H and O–H groups in total. The molecule has 2 unspecified atom stereocenters. The van der Waals surface area contributed by atoms with Crippen LogP contribution in [0.3, 0.4) is 0 Å². The Labute approximate surface area is 85.8 Å². The van der Waals surface area contributed by atoms with Crippen molar-refractivity contribution in [1.82, 2.24) is 0 Å². The van der Waals surface area contributed by atoms with Gasteiger partial charge in [-0.3, -0.25) is 4.79 Å². The Balaban J connectivity index is 4.12. The lowest BCUT2D eigenvalue weighted by Gasteiger charge is -2.20. The zero-order valence-corrected chi connectivity index (χ0v) is 9.29.